The molecule has 4 nitrogen and oxygen atoms in total. The Morgan fingerprint density at radius 1 is 1.19 bits per heavy atom. The van der Waals surface area contributed by atoms with Crippen LogP contribution >= 0.6 is 0 Å². The number of aryl methyl sites for hydroxylation is 1. The van der Waals surface area contributed by atoms with Crippen molar-refractivity contribution in [1.82, 2.24) is 9.55 Å². The van der Waals surface area contributed by atoms with Crippen molar-refractivity contribution >= 4 is 16.6 Å². The molecule has 3 heterocycles. The van der Waals surface area contributed by atoms with Crippen LogP contribution < -0.4 is 4.90 Å². The molecule has 0 saturated heterocycles. The zero-order valence-corrected chi connectivity index (χ0v) is 15.5. The highest BCUT2D eigenvalue weighted by molar-refractivity contribution is 5.94. The highest BCUT2D eigenvalue weighted by Gasteiger charge is 2.22. The van der Waals surface area contributed by atoms with Gasteiger partial charge in [-0.15, -0.1) is 0 Å². The predicted octanol–water partition coefficient (Wildman–Crippen LogP) is 4.38. The number of hydrogen-bond donors (Lipinski definition) is 0. The third-order valence-electron chi connectivity index (χ3n) is 5.54. The number of ether oxygens (including phenoxy) is 1. The molecule has 0 N–H and O–H groups in total. The van der Waals surface area contributed by atoms with E-state index < -0.39 is 0 Å². The van der Waals surface area contributed by atoms with E-state index in [-0.39, 0.29) is 0 Å². The van der Waals surface area contributed by atoms with E-state index >= 15 is 0 Å². The molecule has 0 saturated carbocycles. The van der Waals surface area contributed by atoms with Crippen LogP contribution in [-0.2, 0) is 24.2 Å². The molecule has 0 spiro atoms. The highest BCUT2D eigenvalue weighted by Crippen LogP contribution is 2.34. The van der Waals surface area contributed by atoms with E-state index in [9.17, 15) is 0 Å². The Morgan fingerprint density at radius 3 is 2.81 bits per heavy atom. The molecule has 2 aromatic heterocycles. The number of fused-ring (bicyclic) bond motifs is 2. The molecule has 4 rings (SSSR count). The average Bonchev–Trinajstić information content (AvgIpc) is 2.93. The second-order valence-electron chi connectivity index (χ2n) is 6.89. The average molecular weight is 347 g/mol. The molecule has 1 aliphatic rings. The Balaban J connectivity index is 1.78. The summed E-state index contributed by atoms with van der Waals surface area (Å²) in [6.07, 6.45) is 6.59. The molecule has 0 radical (unpaired) electrons. The van der Waals surface area contributed by atoms with Crippen LogP contribution in [0.1, 0.15) is 22.4 Å². The van der Waals surface area contributed by atoms with Crippen LogP contribution in [0.2, 0.25) is 0 Å². The number of anilines is 1. The maximum Gasteiger partial charge on any atom is 0.105 e. The van der Waals surface area contributed by atoms with Gasteiger partial charge in [0.2, 0.25) is 0 Å². The maximum atomic E-state index is 5.40. The van der Waals surface area contributed by atoms with Gasteiger partial charge in [0.15, 0.2) is 0 Å². The van der Waals surface area contributed by atoms with Gasteiger partial charge in [0.05, 0.1) is 30.2 Å². The second kappa shape index (κ2) is 6.87. The van der Waals surface area contributed by atoms with Crippen LogP contribution in [0.25, 0.3) is 10.9 Å². The van der Waals surface area contributed by atoms with Gasteiger partial charge in [-0.05, 0) is 37.0 Å². The van der Waals surface area contributed by atoms with Crippen LogP contribution in [0, 0.1) is 13.8 Å². The van der Waals surface area contributed by atoms with Crippen molar-refractivity contribution in [2.75, 3.05) is 18.1 Å². The molecule has 134 valence electrons. The van der Waals surface area contributed by atoms with E-state index in [2.05, 4.69) is 59.1 Å². The third kappa shape index (κ3) is 2.75. The maximum absolute atomic E-state index is 5.40. The van der Waals surface area contributed by atoms with Crippen LogP contribution in [0.15, 0.2) is 49.5 Å². The molecule has 4 heteroatoms. The fourth-order valence-corrected chi connectivity index (χ4v) is 4.01. The minimum absolute atomic E-state index is 0.623. The van der Waals surface area contributed by atoms with Gasteiger partial charge in [0, 0.05) is 30.4 Å². The molecule has 0 unspecified atom stereocenters. The van der Waals surface area contributed by atoms with Crippen molar-refractivity contribution in [2.24, 2.45) is 0 Å². The Hall–Kier alpha value is -2.75. The van der Waals surface area contributed by atoms with Gasteiger partial charge in [-0.1, -0.05) is 30.8 Å². The van der Waals surface area contributed by atoms with Crippen molar-refractivity contribution < 1.29 is 4.74 Å². The smallest absolute Gasteiger partial charge is 0.105 e. The number of benzene rings is 1. The molecule has 26 heavy (non-hydrogen) atoms. The predicted molar refractivity (Wildman–Crippen MR) is 107 cm³/mol. The van der Waals surface area contributed by atoms with Gasteiger partial charge in [-0.2, -0.15) is 0 Å². The summed E-state index contributed by atoms with van der Waals surface area (Å²) >= 11 is 0. The SMILES string of the molecule is C=COCCn1c(C)c(C)c2cncc(N3CCc4ccccc4C3)c21. The zero-order chi connectivity index (χ0) is 18.1. The quantitative estimate of drug-likeness (QED) is 0.507. The molecule has 0 atom stereocenters. The van der Waals surface area contributed by atoms with Gasteiger partial charge in [0.25, 0.3) is 0 Å². The lowest BCUT2D eigenvalue weighted by Gasteiger charge is -2.31. The normalized spacial score (nSPS) is 13.7. The third-order valence-corrected chi connectivity index (χ3v) is 5.54. The van der Waals surface area contributed by atoms with Crippen molar-refractivity contribution in [3.63, 3.8) is 0 Å². The topological polar surface area (TPSA) is 30.3 Å². The first-order valence-electron chi connectivity index (χ1n) is 9.18. The van der Waals surface area contributed by atoms with Crippen LogP contribution in [0.4, 0.5) is 5.69 Å². The Labute approximate surface area is 154 Å². The van der Waals surface area contributed by atoms with Crippen molar-refractivity contribution in [3.8, 4) is 0 Å². The van der Waals surface area contributed by atoms with E-state index in [1.807, 2.05) is 12.4 Å². The first-order valence-corrected chi connectivity index (χ1v) is 9.18. The lowest BCUT2D eigenvalue weighted by atomic mass is 9.99. The summed E-state index contributed by atoms with van der Waals surface area (Å²) in [5.41, 5.74) is 7.93. The number of nitrogens with zero attached hydrogens (tertiary/aromatic N) is 3. The van der Waals surface area contributed by atoms with E-state index in [4.69, 9.17) is 4.74 Å². The molecule has 0 bridgehead atoms. The lowest BCUT2D eigenvalue weighted by molar-refractivity contribution is 0.237. The number of rotatable bonds is 5. The second-order valence-corrected chi connectivity index (χ2v) is 6.89. The molecular weight excluding hydrogens is 322 g/mol. The zero-order valence-electron chi connectivity index (χ0n) is 15.5. The standard InChI is InChI=1S/C22H25N3O/c1-4-26-12-11-25-17(3)16(2)20-13-23-14-21(22(20)25)24-10-9-18-7-5-6-8-19(18)15-24/h4-8,13-14H,1,9-12,15H2,2-3H3. The van der Waals surface area contributed by atoms with Gasteiger partial charge in [0.1, 0.15) is 6.61 Å². The van der Waals surface area contributed by atoms with E-state index in [0.717, 1.165) is 26.1 Å². The molecule has 0 amide bonds. The summed E-state index contributed by atoms with van der Waals surface area (Å²) < 4.78 is 7.76. The van der Waals surface area contributed by atoms with E-state index in [1.54, 1.807) is 0 Å². The van der Waals surface area contributed by atoms with Crippen LogP contribution in [0.5, 0.6) is 0 Å². The first-order chi connectivity index (χ1) is 12.7. The summed E-state index contributed by atoms with van der Waals surface area (Å²) in [7, 11) is 0. The minimum atomic E-state index is 0.623. The Bertz CT molecular complexity index is 957. The fourth-order valence-electron chi connectivity index (χ4n) is 4.01. The minimum Gasteiger partial charge on any atom is -0.500 e. The fraction of sp³-hybridized carbons (Fsp3) is 0.318. The molecule has 1 aliphatic heterocycles. The highest BCUT2D eigenvalue weighted by atomic mass is 16.5. The van der Waals surface area contributed by atoms with Gasteiger partial charge in [-0.3, -0.25) is 4.98 Å². The first kappa shape index (κ1) is 16.7. The van der Waals surface area contributed by atoms with Gasteiger partial charge >= 0.3 is 0 Å². The van der Waals surface area contributed by atoms with Crippen molar-refractivity contribution in [3.05, 3.63) is 71.9 Å². The van der Waals surface area contributed by atoms with Gasteiger partial charge < -0.3 is 14.2 Å². The summed E-state index contributed by atoms with van der Waals surface area (Å²) in [4.78, 5) is 7.01. The number of hydrogen-bond acceptors (Lipinski definition) is 3. The van der Waals surface area contributed by atoms with Crippen molar-refractivity contribution in [1.29, 1.82) is 0 Å². The Kier molecular flexibility index (Phi) is 4.41. The summed E-state index contributed by atoms with van der Waals surface area (Å²) in [5, 5.41) is 1.23. The number of pyridine rings is 1. The molecule has 3 aromatic rings. The van der Waals surface area contributed by atoms with Crippen LogP contribution in [0.3, 0.4) is 0 Å². The Morgan fingerprint density at radius 2 is 2.00 bits per heavy atom. The van der Waals surface area contributed by atoms with Crippen molar-refractivity contribution in [2.45, 2.75) is 33.4 Å². The molecule has 0 fully saturated rings. The molecule has 0 aliphatic carbocycles. The monoisotopic (exact) mass is 347 g/mol. The van der Waals surface area contributed by atoms with Crippen LogP contribution in [-0.4, -0.2) is 22.7 Å². The number of aromatic nitrogens is 2. The summed E-state index contributed by atoms with van der Waals surface area (Å²) in [6.45, 7) is 11.4. The van der Waals surface area contributed by atoms with Gasteiger partial charge in [-0.25, -0.2) is 0 Å². The largest absolute Gasteiger partial charge is 0.500 e. The molecular formula is C22H25N3O. The summed E-state index contributed by atoms with van der Waals surface area (Å²) in [6, 6.07) is 8.75. The molecule has 1 aromatic carbocycles. The van der Waals surface area contributed by atoms with E-state index in [1.165, 1.54) is 45.2 Å². The lowest BCUT2D eigenvalue weighted by Crippen LogP contribution is -2.30. The summed E-state index contributed by atoms with van der Waals surface area (Å²) in [5.74, 6) is 0. The van der Waals surface area contributed by atoms with E-state index in [0.29, 0.717) is 6.61 Å².